The average Bonchev–Trinajstić information content (AvgIpc) is 2.62. The van der Waals surface area contributed by atoms with Crippen LogP contribution in [0, 0.1) is 0 Å². The van der Waals surface area contributed by atoms with Gasteiger partial charge in [-0.05, 0) is 28.1 Å². The first-order valence-corrected chi connectivity index (χ1v) is 6.10. The molecule has 0 bridgehead atoms. The third kappa shape index (κ3) is 5.15. The smallest absolute Gasteiger partial charge is 0.189 e. The molecule has 0 aliphatic carbocycles. The van der Waals surface area contributed by atoms with E-state index in [0.29, 0.717) is 25.7 Å². The predicted molar refractivity (Wildman–Crippen MR) is 67.2 cm³/mol. The minimum absolute atomic E-state index is 0.455. The van der Waals surface area contributed by atoms with Crippen molar-refractivity contribution in [3.8, 4) is 0 Å². The Morgan fingerprint density at radius 2 is 2.47 bits per heavy atom. The topological polar surface area (TPSA) is 59.6 Å². The molecule has 0 saturated heterocycles. The Bertz CT molecular complexity index is 327. The van der Waals surface area contributed by atoms with Crippen molar-refractivity contribution in [1.82, 2.24) is 5.32 Å². The van der Waals surface area contributed by atoms with E-state index < -0.39 is 0 Å². The molecule has 6 heteroatoms. The van der Waals surface area contributed by atoms with Crippen LogP contribution in [0.5, 0.6) is 0 Å². The van der Waals surface area contributed by atoms with Gasteiger partial charge in [0.2, 0.25) is 0 Å². The number of nitrogens with two attached hydrogens (primary N) is 1. The van der Waals surface area contributed by atoms with E-state index in [1.54, 1.807) is 18.4 Å². The second-order valence-corrected chi connectivity index (χ2v) is 5.37. The number of halogens is 1. The van der Waals surface area contributed by atoms with Crippen molar-refractivity contribution in [2.45, 2.75) is 6.54 Å². The lowest BCUT2D eigenvalue weighted by Gasteiger charge is -2.03. The van der Waals surface area contributed by atoms with Crippen LogP contribution in [-0.4, -0.2) is 26.2 Å². The fourth-order valence-corrected chi connectivity index (χ4v) is 2.34. The van der Waals surface area contributed by atoms with E-state index in [0.717, 1.165) is 3.79 Å². The Balaban J connectivity index is 2.30. The van der Waals surface area contributed by atoms with Gasteiger partial charge in [0.15, 0.2) is 5.96 Å². The van der Waals surface area contributed by atoms with Gasteiger partial charge < -0.3 is 15.8 Å². The molecule has 1 aromatic rings. The third-order valence-corrected chi connectivity index (χ3v) is 3.25. The first kappa shape index (κ1) is 12.5. The molecule has 0 unspecified atom stereocenters. The summed E-state index contributed by atoms with van der Waals surface area (Å²) >= 11 is 5.06. The number of thiophene rings is 1. The molecule has 0 aliphatic heterocycles. The van der Waals surface area contributed by atoms with Gasteiger partial charge in [0, 0.05) is 18.5 Å². The second-order valence-electron chi connectivity index (χ2n) is 2.83. The fraction of sp³-hybridized carbons (Fsp3) is 0.444. The van der Waals surface area contributed by atoms with Gasteiger partial charge in [0.05, 0.1) is 16.9 Å². The van der Waals surface area contributed by atoms with Crippen LogP contribution < -0.4 is 11.1 Å². The first-order valence-electron chi connectivity index (χ1n) is 4.49. The number of guanidine groups is 1. The summed E-state index contributed by atoms with van der Waals surface area (Å²) in [4.78, 5) is 5.38. The molecule has 0 aromatic carbocycles. The van der Waals surface area contributed by atoms with E-state index in [1.165, 1.54) is 4.88 Å². The van der Waals surface area contributed by atoms with Crippen molar-refractivity contribution >= 4 is 33.2 Å². The highest BCUT2D eigenvalue weighted by Crippen LogP contribution is 2.22. The van der Waals surface area contributed by atoms with E-state index in [4.69, 9.17) is 10.5 Å². The van der Waals surface area contributed by atoms with Crippen LogP contribution in [-0.2, 0) is 11.3 Å². The lowest BCUT2D eigenvalue weighted by atomic mass is 10.5. The molecular formula is C9H14BrN3OS. The second kappa shape index (κ2) is 6.81. The molecule has 0 aliphatic rings. The Kier molecular flexibility index (Phi) is 5.67. The number of nitrogens with zero attached hydrogens (tertiary/aromatic N) is 1. The summed E-state index contributed by atoms with van der Waals surface area (Å²) in [5.41, 5.74) is 5.65. The van der Waals surface area contributed by atoms with Gasteiger partial charge in [0.1, 0.15) is 0 Å². The molecular weight excluding hydrogens is 278 g/mol. The summed E-state index contributed by atoms with van der Waals surface area (Å²) in [6, 6.07) is 4.03. The molecule has 0 fully saturated rings. The van der Waals surface area contributed by atoms with Gasteiger partial charge >= 0.3 is 0 Å². The standard InChI is InChI=1S/C9H14BrN3OS/c1-14-5-4-12-9(11)13-6-7-2-3-8(10)15-7/h2-3H,4-6H2,1H3,(H3,11,12,13). The van der Waals surface area contributed by atoms with Crippen LogP contribution in [0.15, 0.2) is 20.9 Å². The van der Waals surface area contributed by atoms with Gasteiger partial charge in [-0.25, -0.2) is 4.99 Å². The molecule has 4 nitrogen and oxygen atoms in total. The highest BCUT2D eigenvalue weighted by molar-refractivity contribution is 9.11. The van der Waals surface area contributed by atoms with Crippen LogP contribution in [0.3, 0.4) is 0 Å². The molecule has 15 heavy (non-hydrogen) atoms. The van der Waals surface area contributed by atoms with Crippen LogP contribution in [0.2, 0.25) is 0 Å². The van der Waals surface area contributed by atoms with Gasteiger partial charge in [-0.1, -0.05) is 0 Å². The quantitative estimate of drug-likeness (QED) is 0.492. The normalized spacial score (nSPS) is 11.7. The average molecular weight is 292 g/mol. The molecule has 0 saturated carbocycles. The van der Waals surface area contributed by atoms with Gasteiger partial charge in [-0.3, -0.25) is 0 Å². The van der Waals surface area contributed by atoms with E-state index in [1.807, 2.05) is 12.1 Å². The zero-order valence-electron chi connectivity index (χ0n) is 8.50. The minimum atomic E-state index is 0.455. The summed E-state index contributed by atoms with van der Waals surface area (Å²) in [7, 11) is 1.65. The maximum absolute atomic E-state index is 5.65. The summed E-state index contributed by atoms with van der Waals surface area (Å²) < 4.78 is 5.99. The van der Waals surface area contributed by atoms with Crippen molar-refractivity contribution in [3.63, 3.8) is 0 Å². The van der Waals surface area contributed by atoms with Crippen molar-refractivity contribution in [3.05, 3.63) is 20.8 Å². The maximum Gasteiger partial charge on any atom is 0.189 e. The van der Waals surface area contributed by atoms with Crippen molar-refractivity contribution in [1.29, 1.82) is 0 Å². The van der Waals surface area contributed by atoms with Crippen LogP contribution in [0.1, 0.15) is 4.88 Å². The monoisotopic (exact) mass is 291 g/mol. The first-order chi connectivity index (χ1) is 7.22. The fourth-order valence-electron chi connectivity index (χ4n) is 0.937. The Morgan fingerprint density at radius 3 is 3.07 bits per heavy atom. The number of hydrogen-bond acceptors (Lipinski definition) is 3. The molecule has 1 heterocycles. The SMILES string of the molecule is COCCNC(N)=NCc1ccc(Br)s1. The molecule has 84 valence electrons. The molecule has 3 N–H and O–H groups in total. The summed E-state index contributed by atoms with van der Waals surface area (Å²) in [5.74, 6) is 0.455. The summed E-state index contributed by atoms with van der Waals surface area (Å²) in [6.07, 6.45) is 0. The number of hydrogen-bond donors (Lipinski definition) is 2. The van der Waals surface area contributed by atoms with Crippen LogP contribution in [0.25, 0.3) is 0 Å². The van der Waals surface area contributed by atoms with E-state index in [-0.39, 0.29) is 0 Å². The highest BCUT2D eigenvalue weighted by Gasteiger charge is 1.96. The van der Waals surface area contributed by atoms with Crippen molar-refractivity contribution in [2.24, 2.45) is 10.7 Å². The summed E-state index contributed by atoms with van der Waals surface area (Å²) in [6.45, 7) is 1.92. The van der Waals surface area contributed by atoms with E-state index in [2.05, 4.69) is 26.2 Å². The molecule has 0 radical (unpaired) electrons. The van der Waals surface area contributed by atoms with Crippen LogP contribution >= 0.6 is 27.3 Å². The lowest BCUT2D eigenvalue weighted by Crippen LogP contribution is -2.34. The van der Waals surface area contributed by atoms with E-state index in [9.17, 15) is 0 Å². The summed E-state index contributed by atoms with van der Waals surface area (Å²) in [5, 5.41) is 2.96. The number of nitrogens with one attached hydrogen (secondary N) is 1. The molecule has 0 amide bonds. The van der Waals surface area contributed by atoms with Gasteiger partial charge in [-0.15, -0.1) is 11.3 Å². The molecule has 0 spiro atoms. The van der Waals surface area contributed by atoms with E-state index >= 15 is 0 Å². The molecule has 0 atom stereocenters. The Hall–Kier alpha value is -0.590. The zero-order valence-corrected chi connectivity index (χ0v) is 10.9. The minimum Gasteiger partial charge on any atom is -0.383 e. The van der Waals surface area contributed by atoms with Crippen LogP contribution in [0.4, 0.5) is 0 Å². The largest absolute Gasteiger partial charge is 0.383 e. The lowest BCUT2D eigenvalue weighted by molar-refractivity contribution is 0.204. The number of rotatable bonds is 5. The Labute approximate surface area is 102 Å². The zero-order chi connectivity index (χ0) is 11.1. The number of aliphatic imine (C=N–C) groups is 1. The number of ether oxygens (including phenoxy) is 1. The van der Waals surface area contributed by atoms with Crippen molar-refractivity contribution < 1.29 is 4.74 Å². The Morgan fingerprint density at radius 1 is 1.67 bits per heavy atom. The number of methoxy groups -OCH3 is 1. The highest BCUT2D eigenvalue weighted by atomic mass is 79.9. The molecule has 1 aromatic heterocycles. The van der Waals surface area contributed by atoms with Crippen molar-refractivity contribution in [2.75, 3.05) is 20.3 Å². The third-order valence-electron chi connectivity index (χ3n) is 1.65. The predicted octanol–water partition coefficient (Wildman–Crippen LogP) is 1.56. The molecule has 1 rings (SSSR count). The maximum atomic E-state index is 5.65. The van der Waals surface area contributed by atoms with Gasteiger partial charge in [-0.2, -0.15) is 0 Å². The van der Waals surface area contributed by atoms with Gasteiger partial charge in [0.25, 0.3) is 0 Å².